The van der Waals surface area contributed by atoms with Gasteiger partial charge in [-0.05, 0) is 54.8 Å². The molecule has 0 bridgehead atoms. The van der Waals surface area contributed by atoms with E-state index in [4.69, 9.17) is 9.15 Å². The van der Waals surface area contributed by atoms with E-state index in [0.717, 1.165) is 0 Å². The van der Waals surface area contributed by atoms with Gasteiger partial charge in [-0.1, -0.05) is 13.8 Å². The van der Waals surface area contributed by atoms with Gasteiger partial charge in [-0.3, -0.25) is 4.79 Å². The second kappa shape index (κ2) is 6.43. The van der Waals surface area contributed by atoms with Gasteiger partial charge in [0.1, 0.15) is 11.6 Å². The minimum absolute atomic E-state index is 0.0906. The van der Waals surface area contributed by atoms with Crippen LogP contribution in [0.2, 0.25) is 0 Å². The average Bonchev–Trinajstić information content (AvgIpc) is 2.69. The minimum atomic E-state index is -0.717. The first kappa shape index (κ1) is 16.8. The Balaban J connectivity index is 2.77. The summed E-state index contributed by atoms with van der Waals surface area (Å²) in [6, 6.07) is 2.43. The standard InChI is InChI=1S/C14H20BrNO4/c1-8(2)11(13(18)20-14(3,4)5)16-12(17)9-6-7-10(15)19-9/h6-8,11H,1-5H3,(H,16,17)/t11-/m0/s1. The SMILES string of the molecule is CC(C)[C@H](NC(=O)c1ccc(Br)o1)C(=O)OC(C)(C)C. The molecule has 1 aromatic heterocycles. The van der Waals surface area contributed by atoms with Crippen molar-refractivity contribution in [2.75, 3.05) is 0 Å². The third kappa shape index (κ3) is 5.00. The number of ether oxygens (including phenoxy) is 1. The van der Waals surface area contributed by atoms with Gasteiger partial charge in [0, 0.05) is 0 Å². The molecule has 0 aromatic carbocycles. The first-order valence-electron chi connectivity index (χ1n) is 6.39. The van der Waals surface area contributed by atoms with Crippen LogP contribution in [-0.2, 0) is 9.53 Å². The first-order chi connectivity index (χ1) is 9.10. The van der Waals surface area contributed by atoms with E-state index in [1.165, 1.54) is 6.07 Å². The normalized spacial score (nSPS) is 13.2. The van der Waals surface area contributed by atoms with Gasteiger partial charge in [0.05, 0.1) is 0 Å². The number of esters is 1. The van der Waals surface area contributed by atoms with Crippen molar-refractivity contribution >= 4 is 27.8 Å². The zero-order valence-corrected chi connectivity index (χ0v) is 13.9. The lowest BCUT2D eigenvalue weighted by atomic mass is 10.0. The van der Waals surface area contributed by atoms with Crippen LogP contribution in [0.3, 0.4) is 0 Å². The number of carbonyl (C=O) groups is 2. The highest BCUT2D eigenvalue weighted by atomic mass is 79.9. The molecule has 0 radical (unpaired) electrons. The maximum atomic E-state index is 12.1. The van der Waals surface area contributed by atoms with Gasteiger partial charge in [0.15, 0.2) is 10.4 Å². The lowest BCUT2D eigenvalue weighted by molar-refractivity contribution is -0.158. The van der Waals surface area contributed by atoms with Crippen LogP contribution in [0.25, 0.3) is 0 Å². The molecule has 1 heterocycles. The minimum Gasteiger partial charge on any atom is -0.458 e. The molecule has 1 amide bonds. The van der Waals surface area contributed by atoms with E-state index in [1.54, 1.807) is 26.8 Å². The quantitative estimate of drug-likeness (QED) is 0.851. The monoisotopic (exact) mass is 345 g/mol. The molecule has 1 atom stereocenters. The largest absolute Gasteiger partial charge is 0.458 e. The lowest BCUT2D eigenvalue weighted by Gasteiger charge is -2.26. The molecule has 1 rings (SSSR count). The predicted octanol–water partition coefficient (Wildman–Crippen LogP) is 3.14. The Morgan fingerprint density at radius 2 is 1.90 bits per heavy atom. The molecule has 0 fully saturated rings. The fourth-order valence-corrected chi connectivity index (χ4v) is 1.82. The maximum absolute atomic E-state index is 12.1. The van der Waals surface area contributed by atoms with Gasteiger partial charge in [-0.2, -0.15) is 0 Å². The van der Waals surface area contributed by atoms with Crippen LogP contribution in [-0.4, -0.2) is 23.5 Å². The van der Waals surface area contributed by atoms with E-state index in [1.807, 2.05) is 13.8 Å². The number of amides is 1. The lowest BCUT2D eigenvalue weighted by Crippen LogP contribution is -2.47. The summed E-state index contributed by atoms with van der Waals surface area (Å²) in [6.45, 7) is 9.04. The Bertz CT molecular complexity index is 488. The van der Waals surface area contributed by atoms with Crippen molar-refractivity contribution in [3.63, 3.8) is 0 Å². The number of nitrogens with one attached hydrogen (secondary N) is 1. The van der Waals surface area contributed by atoms with Gasteiger partial charge in [-0.25, -0.2) is 4.79 Å². The van der Waals surface area contributed by atoms with E-state index in [2.05, 4.69) is 21.2 Å². The van der Waals surface area contributed by atoms with Gasteiger partial charge < -0.3 is 14.5 Å². The second-order valence-corrected chi connectivity index (χ2v) is 6.61. The molecule has 0 aliphatic heterocycles. The third-order valence-corrected chi connectivity index (χ3v) is 2.84. The van der Waals surface area contributed by atoms with Gasteiger partial charge in [-0.15, -0.1) is 0 Å². The van der Waals surface area contributed by atoms with Crippen molar-refractivity contribution in [1.82, 2.24) is 5.32 Å². The molecule has 0 aliphatic carbocycles. The van der Waals surface area contributed by atoms with Crippen LogP contribution in [0.15, 0.2) is 21.2 Å². The second-order valence-electron chi connectivity index (χ2n) is 5.83. The number of carbonyl (C=O) groups excluding carboxylic acids is 2. The molecule has 20 heavy (non-hydrogen) atoms. The van der Waals surface area contributed by atoms with Crippen molar-refractivity contribution in [3.8, 4) is 0 Å². The summed E-state index contributed by atoms with van der Waals surface area (Å²) in [7, 11) is 0. The fourth-order valence-electron chi connectivity index (χ4n) is 1.51. The summed E-state index contributed by atoms with van der Waals surface area (Å²) in [4.78, 5) is 24.1. The summed E-state index contributed by atoms with van der Waals surface area (Å²) in [5.74, 6) is -0.843. The van der Waals surface area contributed by atoms with Crippen molar-refractivity contribution in [1.29, 1.82) is 0 Å². The summed E-state index contributed by atoms with van der Waals surface area (Å²) in [5, 5.41) is 2.64. The predicted molar refractivity (Wildman–Crippen MR) is 78.3 cm³/mol. The molecule has 1 aromatic rings. The molecule has 0 unspecified atom stereocenters. The smallest absolute Gasteiger partial charge is 0.329 e. The van der Waals surface area contributed by atoms with Crippen LogP contribution in [0.4, 0.5) is 0 Å². The van der Waals surface area contributed by atoms with Crippen LogP contribution in [0.5, 0.6) is 0 Å². The van der Waals surface area contributed by atoms with E-state index >= 15 is 0 Å². The maximum Gasteiger partial charge on any atom is 0.329 e. The Morgan fingerprint density at radius 3 is 2.30 bits per heavy atom. The highest BCUT2D eigenvalue weighted by molar-refractivity contribution is 9.10. The topological polar surface area (TPSA) is 68.5 Å². The highest BCUT2D eigenvalue weighted by Gasteiger charge is 2.30. The molecular weight excluding hydrogens is 326 g/mol. The number of furan rings is 1. The van der Waals surface area contributed by atoms with Crippen LogP contribution >= 0.6 is 15.9 Å². The zero-order valence-electron chi connectivity index (χ0n) is 12.3. The van der Waals surface area contributed by atoms with E-state index in [-0.39, 0.29) is 11.7 Å². The van der Waals surface area contributed by atoms with Gasteiger partial charge >= 0.3 is 5.97 Å². The molecule has 0 spiro atoms. The molecule has 0 aliphatic rings. The van der Waals surface area contributed by atoms with Crippen molar-refractivity contribution < 1.29 is 18.7 Å². The van der Waals surface area contributed by atoms with Gasteiger partial charge in [0.2, 0.25) is 0 Å². The van der Waals surface area contributed by atoms with Crippen LogP contribution in [0.1, 0.15) is 45.2 Å². The summed E-state index contributed by atoms with van der Waals surface area (Å²) in [5.41, 5.74) is -0.595. The summed E-state index contributed by atoms with van der Waals surface area (Å²) in [6.07, 6.45) is 0. The Morgan fingerprint density at radius 1 is 1.30 bits per heavy atom. The Kier molecular flexibility index (Phi) is 5.39. The summed E-state index contributed by atoms with van der Waals surface area (Å²) >= 11 is 3.13. The van der Waals surface area contributed by atoms with E-state index < -0.39 is 23.5 Å². The molecule has 0 saturated carbocycles. The number of hydrogen-bond acceptors (Lipinski definition) is 4. The number of hydrogen-bond donors (Lipinski definition) is 1. The zero-order chi connectivity index (χ0) is 15.5. The molecule has 1 N–H and O–H groups in total. The molecule has 5 nitrogen and oxygen atoms in total. The number of rotatable bonds is 4. The highest BCUT2D eigenvalue weighted by Crippen LogP contribution is 2.16. The Hall–Kier alpha value is -1.30. The van der Waals surface area contributed by atoms with E-state index in [0.29, 0.717) is 4.67 Å². The van der Waals surface area contributed by atoms with E-state index in [9.17, 15) is 9.59 Å². The first-order valence-corrected chi connectivity index (χ1v) is 7.18. The molecule has 6 heteroatoms. The van der Waals surface area contributed by atoms with Crippen molar-refractivity contribution in [2.45, 2.75) is 46.3 Å². The van der Waals surface area contributed by atoms with Crippen LogP contribution in [0, 0.1) is 5.92 Å². The van der Waals surface area contributed by atoms with Crippen molar-refractivity contribution in [2.24, 2.45) is 5.92 Å². The summed E-state index contributed by atoms with van der Waals surface area (Å²) < 4.78 is 10.9. The van der Waals surface area contributed by atoms with Crippen molar-refractivity contribution in [3.05, 3.63) is 22.6 Å². The molecule has 112 valence electrons. The van der Waals surface area contributed by atoms with Gasteiger partial charge in [0.25, 0.3) is 5.91 Å². The fraction of sp³-hybridized carbons (Fsp3) is 0.571. The average molecular weight is 346 g/mol. The Labute approximate surface area is 127 Å². The third-order valence-electron chi connectivity index (χ3n) is 2.41. The molecular formula is C14H20BrNO4. The number of halogens is 1. The molecule has 0 saturated heterocycles. The van der Waals surface area contributed by atoms with Crippen LogP contribution < -0.4 is 5.32 Å².